The third kappa shape index (κ3) is 3.27. The second-order valence-electron chi connectivity index (χ2n) is 4.19. The molecular weight excluding hydrogens is 274 g/mol. The van der Waals surface area contributed by atoms with E-state index < -0.39 is 35.1 Å². The molecule has 0 heterocycles. The van der Waals surface area contributed by atoms with Crippen LogP contribution in [0.1, 0.15) is 11.7 Å². The number of halogens is 4. The van der Waals surface area contributed by atoms with Crippen LogP contribution in [-0.4, -0.2) is 11.7 Å². The Hall–Kier alpha value is -2.08. The van der Waals surface area contributed by atoms with Crippen molar-refractivity contribution in [2.24, 2.45) is 0 Å². The van der Waals surface area contributed by atoms with Crippen LogP contribution >= 0.6 is 0 Å². The fraction of sp³-hybridized carbons (Fsp3) is 0.143. The Morgan fingerprint density at radius 3 is 2.00 bits per heavy atom. The summed E-state index contributed by atoms with van der Waals surface area (Å²) in [6.45, 7) is -0.203. The van der Waals surface area contributed by atoms with Crippen LogP contribution in [0, 0.1) is 23.3 Å². The van der Waals surface area contributed by atoms with E-state index in [0.29, 0.717) is 17.7 Å². The molecule has 2 rings (SSSR count). The molecule has 2 aromatic carbocycles. The summed E-state index contributed by atoms with van der Waals surface area (Å²) in [5.74, 6) is -3.66. The molecule has 0 aliphatic rings. The molecule has 2 N–H and O–H groups in total. The van der Waals surface area contributed by atoms with Crippen molar-refractivity contribution in [1.82, 2.24) is 0 Å². The highest BCUT2D eigenvalue weighted by atomic mass is 19.1. The first-order chi connectivity index (χ1) is 9.47. The third-order valence-electron chi connectivity index (χ3n) is 2.73. The van der Waals surface area contributed by atoms with Crippen LogP contribution in [0.15, 0.2) is 36.4 Å². The summed E-state index contributed by atoms with van der Waals surface area (Å²) >= 11 is 0. The molecule has 2 aromatic rings. The Morgan fingerprint density at radius 2 is 1.45 bits per heavy atom. The van der Waals surface area contributed by atoms with E-state index in [1.54, 1.807) is 0 Å². The van der Waals surface area contributed by atoms with E-state index in [9.17, 15) is 22.7 Å². The number of anilines is 1. The molecule has 0 fully saturated rings. The number of benzene rings is 2. The van der Waals surface area contributed by atoms with Gasteiger partial charge in [-0.25, -0.2) is 17.6 Å². The quantitative estimate of drug-likeness (QED) is 0.844. The number of aliphatic hydroxyl groups excluding tert-OH is 1. The summed E-state index contributed by atoms with van der Waals surface area (Å²) in [5, 5.41) is 12.2. The van der Waals surface area contributed by atoms with Crippen LogP contribution in [0.3, 0.4) is 0 Å². The van der Waals surface area contributed by atoms with Gasteiger partial charge in [0.15, 0.2) is 11.6 Å². The molecule has 0 aliphatic heterocycles. The third-order valence-corrected chi connectivity index (χ3v) is 2.73. The maximum atomic E-state index is 13.3. The second-order valence-corrected chi connectivity index (χ2v) is 4.19. The van der Waals surface area contributed by atoms with E-state index in [1.165, 1.54) is 12.1 Å². The topological polar surface area (TPSA) is 32.3 Å². The van der Waals surface area contributed by atoms with Gasteiger partial charge in [-0.2, -0.15) is 0 Å². The summed E-state index contributed by atoms with van der Waals surface area (Å²) in [6, 6.07) is 6.12. The van der Waals surface area contributed by atoms with Crippen LogP contribution in [0.5, 0.6) is 0 Å². The zero-order valence-corrected chi connectivity index (χ0v) is 10.2. The van der Waals surface area contributed by atoms with Gasteiger partial charge in [0.25, 0.3) is 0 Å². The first-order valence-corrected chi connectivity index (χ1v) is 5.79. The lowest BCUT2D eigenvalue weighted by Crippen LogP contribution is -2.14. The van der Waals surface area contributed by atoms with Gasteiger partial charge >= 0.3 is 0 Å². The van der Waals surface area contributed by atoms with Gasteiger partial charge in [-0.3, -0.25) is 0 Å². The molecule has 0 bridgehead atoms. The lowest BCUT2D eigenvalue weighted by molar-refractivity contribution is 0.191. The van der Waals surface area contributed by atoms with Crippen molar-refractivity contribution in [3.05, 3.63) is 65.2 Å². The van der Waals surface area contributed by atoms with Crippen molar-refractivity contribution < 1.29 is 22.7 Å². The maximum absolute atomic E-state index is 13.3. The minimum Gasteiger partial charge on any atom is -0.387 e. The van der Waals surface area contributed by atoms with Crippen LogP contribution in [-0.2, 0) is 0 Å². The Morgan fingerprint density at radius 1 is 0.900 bits per heavy atom. The second kappa shape index (κ2) is 5.92. The van der Waals surface area contributed by atoms with Gasteiger partial charge < -0.3 is 10.4 Å². The van der Waals surface area contributed by atoms with E-state index in [1.807, 2.05) is 0 Å². The SMILES string of the molecule is OC(CNc1c(F)cc(F)cc1F)c1ccc(F)cc1. The summed E-state index contributed by atoms with van der Waals surface area (Å²) < 4.78 is 52.1. The summed E-state index contributed by atoms with van der Waals surface area (Å²) in [5.41, 5.74) is -0.130. The van der Waals surface area contributed by atoms with Gasteiger partial charge in [0, 0.05) is 18.7 Å². The monoisotopic (exact) mass is 285 g/mol. The van der Waals surface area contributed by atoms with E-state index >= 15 is 0 Å². The van der Waals surface area contributed by atoms with Crippen molar-refractivity contribution in [1.29, 1.82) is 0 Å². The molecule has 0 aliphatic carbocycles. The van der Waals surface area contributed by atoms with Gasteiger partial charge in [-0.05, 0) is 17.7 Å². The first kappa shape index (κ1) is 14.3. The van der Waals surface area contributed by atoms with Gasteiger partial charge in [0.1, 0.15) is 17.3 Å². The van der Waals surface area contributed by atoms with Crippen molar-refractivity contribution in [2.45, 2.75) is 6.10 Å². The van der Waals surface area contributed by atoms with Gasteiger partial charge in [0.2, 0.25) is 0 Å². The molecule has 2 nitrogen and oxygen atoms in total. The predicted octanol–water partition coefficient (Wildman–Crippen LogP) is 3.39. The lowest BCUT2D eigenvalue weighted by Gasteiger charge is -2.14. The molecule has 0 saturated carbocycles. The van der Waals surface area contributed by atoms with Gasteiger partial charge in [-0.1, -0.05) is 12.1 Å². The average Bonchev–Trinajstić information content (AvgIpc) is 2.38. The van der Waals surface area contributed by atoms with Crippen molar-refractivity contribution in [3.63, 3.8) is 0 Å². The number of hydrogen-bond donors (Lipinski definition) is 2. The van der Waals surface area contributed by atoms with Crippen molar-refractivity contribution in [2.75, 3.05) is 11.9 Å². The molecular formula is C14H11F4NO. The molecule has 0 spiro atoms. The summed E-state index contributed by atoms with van der Waals surface area (Å²) in [7, 11) is 0. The average molecular weight is 285 g/mol. The number of nitrogens with one attached hydrogen (secondary N) is 1. The molecule has 0 saturated heterocycles. The Labute approximate surface area is 112 Å². The van der Waals surface area contributed by atoms with Crippen LogP contribution in [0.2, 0.25) is 0 Å². The largest absolute Gasteiger partial charge is 0.387 e. The Bertz CT molecular complexity index is 578. The predicted molar refractivity (Wildman–Crippen MR) is 66.2 cm³/mol. The Kier molecular flexibility index (Phi) is 4.24. The minimum atomic E-state index is -1.09. The lowest BCUT2D eigenvalue weighted by atomic mass is 10.1. The molecule has 6 heteroatoms. The number of aliphatic hydroxyl groups is 1. The fourth-order valence-corrected chi connectivity index (χ4v) is 1.71. The highest BCUT2D eigenvalue weighted by molar-refractivity contribution is 5.46. The molecule has 0 amide bonds. The van der Waals surface area contributed by atoms with Crippen molar-refractivity contribution >= 4 is 5.69 Å². The van der Waals surface area contributed by atoms with Gasteiger partial charge in [0.05, 0.1) is 6.10 Å². The normalized spacial score (nSPS) is 12.2. The molecule has 20 heavy (non-hydrogen) atoms. The minimum absolute atomic E-state index is 0.203. The van der Waals surface area contributed by atoms with Crippen LogP contribution in [0.4, 0.5) is 23.2 Å². The van der Waals surface area contributed by atoms with E-state index in [0.717, 1.165) is 12.1 Å². The number of hydrogen-bond acceptors (Lipinski definition) is 2. The van der Waals surface area contributed by atoms with Crippen molar-refractivity contribution in [3.8, 4) is 0 Å². The molecule has 1 unspecified atom stereocenters. The van der Waals surface area contributed by atoms with Gasteiger partial charge in [-0.15, -0.1) is 0 Å². The molecule has 1 atom stereocenters. The van der Waals surface area contributed by atoms with E-state index in [2.05, 4.69) is 5.32 Å². The van der Waals surface area contributed by atoms with E-state index in [4.69, 9.17) is 0 Å². The zero-order chi connectivity index (χ0) is 14.7. The Balaban J connectivity index is 2.07. The van der Waals surface area contributed by atoms with Crippen LogP contribution < -0.4 is 5.32 Å². The summed E-state index contributed by atoms with van der Waals surface area (Å²) in [4.78, 5) is 0. The first-order valence-electron chi connectivity index (χ1n) is 5.79. The van der Waals surface area contributed by atoms with E-state index in [-0.39, 0.29) is 6.54 Å². The molecule has 0 radical (unpaired) electrons. The number of rotatable bonds is 4. The highest BCUT2D eigenvalue weighted by Gasteiger charge is 2.13. The maximum Gasteiger partial charge on any atom is 0.152 e. The fourth-order valence-electron chi connectivity index (χ4n) is 1.71. The zero-order valence-electron chi connectivity index (χ0n) is 10.2. The summed E-state index contributed by atoms with van der Waals surface area (Å²) in [6.07, 6.45) is -1.08. The molecule has 0 aromatic heterocycles. The molecule has 106 valence electrons. The van der Waals surface area contributed by atoms with Crippen LogP contribution in [0.25, 0.3) is 0 Å². The highest BCUT2D eigenvalue weighted by Crippen LogP contribution is 2.21. The smallest absolute Gasteiger partial charge is 0.152 e. The standard InChI is InChI=1S/C14H11F4NO/c15-9-3-1-8(2-4-9)13(20)7-19-14-11(17)5-10(16)6-12(14)18/h1-6,13,19-20H,7H2.